The molecule has 0 heterocycles. The molecule has 21 heavy (non-hydrogen) atoms. The number of carbonyl (C=O) groups is 1. The van der Waals surface area contributed by atoms with Crippen LogP contribution >= 0.6 is 0 Å². The monoisotopic (exact) mass is 283 g/mol. The Bertz CT molecular complexity index is 610. The van der Waals surface area contributed by atoms with E-state index in [-0.39, 0.29) is 0 Å². The zero-order valence-corrected chi connectivity index (χ0v) is 12.5. The van der Waals surface area contributed by atoms with Gasteiger partial charge in [-0.25, -0.2) is 4.79 Å². The van der Waals surface area contributed by atoms with Gasteiger partial charge in [0.25, 0.3) is 0 Å². The van der Waals surface area contributed by atoms with Crippen LogP contribution in [-0.4, -0.2) is 11.1 Å². The van der Waals surface area contributed by atoms with Gasteiger partial charge in [0.2, 0.25) is 0 Å². The quantitative estimate of drug-likeness (QED) is 0.835. The number of anilines is 1. The van der Waals surface area contributed by atoms with Gasteiger partial charge in [-0.15, -0.1) is 0 Å². The first kappa shape index (κ1) is 15.1. The van der Waals surface area contributed by atoms with Crippen molar-refractivity contribution in [2.75, 3.05) is 5.32 Å². The number of hydrogen-bond acceptors (Lipinski definition) is 2. The van der Waals surface area contributed by atoms with E-state index in [1.54, 1.807) is 0 Å². The second-order valence-corrected chi connectivity index (χ2v) is 5.32. The van der Waals surface area contributed by atoms with Gasteiger partial charge in [0, 0.05) is 5.69 Å². The number of benzene rings is 2. The molecule has 2 aromatic rings. The minimum atomic E-state index is -1.09. The molecule has 0 aliphatic rings. The number of aryl methyl sites for hydroxylation is 1. The lowest BCUT2D eigenvalue weighted by molar-refractivity contribution is -0.143. The average Bonchev–Trinajstić information content (AvgIpc) is 2.47. The normalized spacial score (nSPS) is 13.4. The molecule has 0 amide bonds. The van der Waals surface area contributed by atoms with Crippen molar-refractivity contribution in [2.24, 2.45) is 0 Å². The van der Waals surface area contributed by atoms with Gasteiger partial charge in [-0.3, -0.25) is 0 Å². The summed E-state index contributed by atoms with van der Waals surface area (Å²) < 4.78 is 0. The van der Waals surface area contributed by atoms with Crippen molar-refractivity contribution in [3.63, 3.8) is 0 Å². The van der Waals surface area contributed by atoms with Gasteiger partial charge in [0.15, 0.2) is 5.54 Å². The Hall–Kier alpha value is -2.29. The maximum absolute atomic E-state index is 12.0. The maximum Gasteiger partial charge on any atom is 0.334 e. The van der Waals surface area contributed by atoms with Gasteiger partial charge in [-0.2, -0.15) is 0 Å². The summed E-state index contributed by atoms with van der Waals surface area (Å²) in [6.45, 7) is 3.99. The lowest BCUT2D eigenvalue weighted by Crippen LogP contribution is -2.43. The van der Waals surface area contributed by atoms with Crippen molar-refractivity contribution < 1.29 is 9.90 Å². The summed E-state index contributed by atoms with van der Waals surface area (Å²) in [5, 5.41) is 13.1. The molecular weight excluding hydrogens is 262 g/mol. The minimum Gasteiger partial charge on any atom is -0.479 e. The highest BCUT2D eigenvalue weighted by molar-refractivity contribution is 5.84. The van der Waals surface area contributed by atoms with Crippen molar-refractivity contribution in [1.29, 1.82) is 0 Å². The standard InChI is InChI=1S/C18H21NO2/c1-3-12-18(17(20)21,15-9-5-4-6-10-15)19-16-11-7-8-14(2)13-16/h4-11,13,19H,3,12H2,1-2H3,(H,20,21). The molecule has 110 valence electrons. The molecule has 2 N–H and O–H groups in total. The van der Waals surface area contributed by atoms with E-state index >= 15 is 0 Å². The van der Waals surface area contributed by atoms with E-state index in [4.69, 9.17) is 0 Å². The molecule has 0 fully saturated rings. The van der Waals surface area contributed by atoms with Crippen LogP contribution in [0.1, 0.15) is 30.9 Å². The first-order valence-electron chi connectivity index (χ1n) is 7.22. The molecule has 0 aliphatic heterocycles. The zero-order chi connectivity index (χ0) is 15.3. The van der Waals surface area contributed by atoms with Crippen LogP contribution < -0.4 is 5.32 Å². The smallest absolute Gasteiger partial charge is 0.334 e. The predicted molar refractivity (Wildman–Crippen MR) is 85.5 cm³/mol. The number of hydrogen-bond donors (Lipinski definition) is 2. The lowest BCUT2D eigenvalue weighted by Gasteiger charge is -2.32. The highest BCUT2D eigenvalue weighted by Gasteiger charge is 2.39. The molecule has 0 aromatic heterocycles. The van der Waals surface area contributed by atoms with Crippen LogP contribution in [0, 0.1) is 6.92 Å². The van der Waals surface area contributed by atoms with Crippen LogP contribution in [-0.2, 0) is 10.3 Å². The van der Waals surface area contributed by atoms with E-state index in [2.05, 4.69) is 5.32 Å². The maximum atomic E-state index is 12.0. The van der Waals surface area contributed by atoms with Gasteiger partial charge in [-0.1, -0.05) is 55.8 Å². The molecular formula is C18H21NO2. The molecule has 0 saturated heterocycles. The average molecular weight is 283 g/mol. The summed E-state index contributed by atoms with van der Waals surface area (Å²) in [7, 11) is 0. The van der Waals surface area contributed by atoms with E-state index in [1.165, 1.54) is 0 Å². The van der Waals surface area contributed by atoms with Crippen molar-refractivity contribution in [3.05, 3.63) is 65.7 Å². The van der Waals surface area contributed by atoms with Crippen LogP contribution in [0.4, 0.5) is 5.69 Å². The molecule has 2 aromatic carbocycles. The van der Waals surface area contributed by atoms with Gasteiger partial charge < -0.3 is 10.4 Å². The van der Waals surface area contributed by atoms with Gasteiger partial charge in [-0.05, 0) is 36.6 Å². The molecule has 0 bridgehead atoms. The number of carboxylic acids is 1. The predicted octanol–water partition coefficient (Wildman–Crippen LogP) is 4.19. The van der Waals surface area contributed by atoms with Crippen molar-refractivity contribution in [1.82, 2.24) is 0 Å². The second-order valence-electron chi connectivity index (χ2n) is 5.32. The van der Waals surface area contributed by atoms with E-state index < -0.39 is 11.5 Å². The lowest BCUT2D eigenvalue weighted by atomic mass is 9.85. The minimum absolute atomic E-state index is 0.528. The highest BCUT2D eigenvalue weighted by atomic mass is 16.4. The largest absolute Gasteiger partial charge is 0.479 e. The van der Waals surface area contributed by atoms with Crippen LogP contribution in [0.25, 0.3) is 0 Å². The summed E-state index contributed by atoms with van der Waals surface area (Å²) in [6.07, 6.45) is 1.31. The molecule has 0 saturated carbocycles. The summed E-state index contributed by atoms with van der Waals surface area (Å²) in [5.41, 5.74) is 1.61. The van der Waals surface area contributed by atoms with E-state index in [0.29, 0.717) is 6.42 Å². The third-order valence-corrected chi connectivity index (χ3v) is 3.63. The van der Waals surface area contributed by atoms with Gasteiger partial charge in [0.1, 0.15) is 0 Å². The van der Waals surface area contributed by atoms with E-state index in [1.807, 2.05) is 68.4 Å². The van der Waals surface area contributed by atoms with Gasteiger partial charge in [0.05, 0.1) is 0 Å². The Morgan fingerprint density at radius 3 is 2.43 bits per heavy atom. The molecule has 0 radical (unpaired) electrons. The molecule has 3 heteroatoms. The van der Waals surface area contributed by atoms with Gasteiger partial charge >= 0.3 is 5.97 Å². The van der Waals surface area contributed by atoms with Crippen molar-refractivity contribution >= 4 is 11.7 Å². The molecule has 1 unspecified atom stereocenters. The van der Waals surface area contributed by atoms with Crippen LogP contribution in [0.3, 0.4) is 0 Å². The first-order valence-corrected chi connectivity index (χ1v) is 7.22. The summed E-state index contributed by atoms with van der Waals surface area (Å²) in [6, 6.07) is 17.2. The third-order valence-electron chi connectivity index (χ3n) is 3.63. The summed E-state index contributed by atoms with van der Waals surface area (Å²) in [4.78, 5) is 12.0. The first-order chi connectivity index (χ1) is 10.1. The number of aliphatic carboxylic acids is 1. The number of carboxylic acid groups (broad SMARTS) is 1. The molecule has 3 nitrogen and oxygen atoms in total. The van der Waals surface area contributed by atoms with E-state index in [0.717, 1.165) is 23.2 Å². The summed E-state index contributed by atoms with van der Waals surface area (Å²) in [5.74, 6) is -0.850. The molecule has 2 rings (SSSR count). The third kappa shape index (κ3) is 3.24. The van der Waals surface area contributed by atoms with Crippen molar-refractivity contribution in [2.45, 2.75) is 32.2 Å². The van der Waals surface area contributed by atoms with Crippen molar-refractivity contribution in [3.8, 4) is 0 Å². The molecule has 1 atom stereocenters. The Kier molecular flexibility index (Phi) is 4.63. The topological polar surface area (TPSA) is 49.3 Å². The molecule has 0 spiro atoms. The fraction of sp³-hybridized carbons (Fsp3) is 0.278. The Morgan fingerprint density at radius 2 is 1.86 bits per heavy atom. The fourth-order valence-corrected chi connectivity index (χ4v) is 2.63. The zero-order valence-electron chi connectivity index (χ0n) is 12.5. The van der Waals surface area contributed by atoms with Crippen LogP contribution in [0.5, 0.6) is 0 Å². The van der Waals surface area contributed by atoms with E-state index in [9.17, 15) is 9.90 Å². The fourth-order valence-electron chi connectivity index (χ4n) is 2.63. The Balaban J connectivity index is 2.47. The second kappa shape index (κ2) is 6.44. The Labute approximate surface area is 125 Å². The van der Waals surface area contributed by atoms with Crippen LogP contribution in [0.15, 0.2) is 54.6 Å². The summed E-state index contributed by atoms with van der Waals surface area (Å²) >= 11 is 0. The molecule has 0 aliphatic carbocycles. The van der Waals surface area contributed by atoms with Crippen LogP contribution in [0.2, 0.25) is 0 Å². The Morgan fingerprint density at radius 1 is 1.14 bits per heavy atom. The number of rotatable bonds is 6. The number of nitrogens with one attached hydrogen (secondary N) is 1. The highest BCUT2D eigenvalue weighted by Crippen LogP contribution is 2.32. The SMILES string of the molecule is CCCC(Nc1cccc(C)c1)(C(=O)O)c1ccccc1.